The van der Waals surface area contributed by atoms with Crippen LogP contribution in [0.1, 0.15) is 34.3 Å². The molecule has 31 heavy (non-hydrogen) atoms. The number of aromatic nitrogens is 1. The van der Waals surface area contributed by atoms with E-state index in [9.17, 15) is 14.4 Å². The molecule has 1 atom stereocenters. The summed E-state index contributed by atoms with van der Waals surface area (Å²) in [6, 6.07) is 9.84. The molecule has 160 valence electrons. The van der Waals surface area contributed by atoms with E-state index in [1.807, 2.05) is 18.2 Å². The van der Waals surface area contributed by atoms with Crippen molar-refractivity contribution in [2.24, 2.45) is 5.73 Å². The van der Waals surface area contributed by atoms with Crippen molar-refractivity contribution in [1.29, 1.82) is 0 Å². The molecule has 3 aromatic rings. The maximum Gasteiger partial charge on any atom is 0.305 e. The van der Waals surface area contributed by atoms with Gasteiger partial charge in [0.25, 0.3) is 5.91 Å². The lowest BCUT2D eigenvalue weighted by Gasteiger charge is -2.24. The first-order chi connectivity index (χ1) is 15.0. The summed E-state index contributed by atoms with van der Waals surface area (Å²) in [6.07, 6.45) is 1.46. The van der Waals surface area contributed by atoms with Gasteiger partial charge in [0.05, 0.1) is 13.7 Å². The number of nitrogens with zero attached hydrogens (tertiary/aromatic N) is 2. The minimum Gasteiger partial charge on any atom is -0.489 e. The monoisotopic (exact) mass is 423 g/mol. The lowest BCUT2D eigenvalue weighted by atomic mass is 10.1. The average molecular weight is 423 g/mol. The molecule has 1 aliphatic heterocycles. The minimum atomic E-state index is -0.915. The Morgan fingerprint density at radius 1 is 1.29 bits per heavy atom. The Labute approximate surface area is 177 Å². The second kappa shape index (κ2) is 8.47. The molecule has 1 aromatic heterocycles. The summed E-state index contributed by atoms with van der Waals surface area (Å²) >= 11 is 0. The van der Waals surface area contributed by atoms with Crippen molar-refractivity contribution in [3.63, 3.8) is 0 Å². The van der Waals surface area contributed by atoms with E-state index in [4.69, 9.17) is 14.9 Å². The van der Waals surface area contributed by atoms with Gasteiger partial charge in [0.2, 0.25) is 5.91 Å². The highest BCUT2D eigenvalue weighted by atomic mass is 16.5. The molecule has 0 aliphatic carbocycles. The highest BCUT2D eigenvalue weighted by Gasteiger charge is 2.37. The molecule has 0 fully saturated rings. The van der Waals surface area contributed by atoms with E-state index in [0.29, 0.717) is 22.5 Å². The Hall–Kier alpha value is -3.88. The summed E-state index contributed by atoms with van der Waals surface area (Å²) in [5, 5.41) is 0. The van der Waals surface area contributed by atoms with E-state index in [1.54, 1.807) is 18.2 Å². The Kier molecular flexibility index (Phi) is 5.57. The van der Waals surface area contributed by atoms with Crippen molar-refractivity contribution < 1.29 is 28.3 Å². The average Bonchev–Trinajstić information content (AvgIpc) is 3.36. The fourth-order valence-corrected chi connectivity index (χ4v) is 3.68. The molecular formula is C22H21N3O6. The van der Waals surface area contributed by atoms with Gasteiger partial charge in [0.1, 0.15) is 23.9 Å². The van der Waals surface area contributed by atoms with Gasteiger partial charge in [-0.2, -0.15) is 0 Å². The highest BCUT2D eigenvalue weighted by Crippen LogP contribution is 2.33. The van der Waals surface area contributed by atoms with Crippen LogP contribution in [0.15, 0.2) is 47.2 Å². The van der Waals surface area contributed by atoms with E-state index in [0.717, 1.165) is 11.1 Å². The van der Waals surface area contributed by atoms with Crippen molar-refractivity contribution in [3.8, 4) is 5.75 Å². The van der Waals surface area contributed by atoms with Crippen molar-refractivity contribution >= 4 is 28.9 Å². The number of carbonyl (C=O) groups is 3. The molecule has 0 spiro atoms. The smallest absolute Gasteiger partial charge is 0.305 e. The van der Waals surface area contributed by atoms with Crippen LogP contribution in [0.3, 0.4) is 0 Å². The summed E-state index contributed by atoms with van der Waals surface area (Å²) in [4.78, 5) is 41.9. The van der Waals surface area contributed by atoms with Crippen LogP contribution in [-0.2, 0) is 27.5 Å². The predicted octanol–water partition coefficient (Wildman–Crippen LogP) is 2.17. The number of carbonyl (C=O) groups excluding carboxylic acids is 3. The number of oxazole rings is 1. The zero-order valence-corrected chi connectivity index (χ0v) is 16.9. The van der Waals surface area contributed by atoms with E-state index in [-0.39, 0.29) is 31.9 Å². The summed E-state index contributed by atoms with van der Waals surface area (Å²) in [5.74, 6) is -0.917. The number of primary amides is 1. The first-order valence-corrected chi connectivity index (χ1v) is 9.72. The third-order valence-corrected chi connectivity index (χ3v) is 5.30. The second-order valence-electron chi connectivity index (χ2n) is 7.19. The zero-order chi connectivity index (χ0) is 22.0. The van der Waals surface area contributed by atoms with Gasteiger partial charge in [-0.1, -0.05) is 12.1 Å². The predicted molar refractivity (Wildman–Crippen MR) is 109 cm³/mol. The molecule has 2 amide bonds. The van der Waals surface area contributed by atoms with Gasteiger partial charge >= 0.3 is 5.97 Å². The lowest BCUT2D eigenvalue weighted by molar-refractivity contribution is -0.141. The lowest BCUT2D eigenvalue weighted by Crippen LogP contribution is -2.45. The molecule has 0 saturated heterocycles. The van der Waals surface area contributed by atoms with E-state index in [1.165, 1.54) is 18.4 Å². The van der Waals surface area contributed by atoms with E-state index >= 15 is 0 Å². The molecule has 0 radical (unpaired) electrons. The Bertz CT molecular complexity index is 1160. The van der Waals surface area contributed by atoms with Crippen LogP contribution in [0.5, 0.6) is 5.75 Å². The Morgan fingerprint density at radius 2 is 2.13 bits per heavy atom. The van der Waals surface area contributed by atoms with E-state index in [2.05, 4.69) is 9.72 Å². The minimum absolute atomic E-state index is 0.0158. The molecule has 2 aromatic carbocycles. The van der Waals surface area contributed by atoms with Crippen molar-refractivity contribution in [2.45, 2.75) is 32.0 Å². The number of methoxy groups -OCH3 is 1. The largest absolute Gasteiger partial charge is 0.489 e. The van der Waals surface area contributed by atoms with Crippen molar-refractivity contribution in [2.75, 3.05) is 7.11 Å². The molecule has 0 saturated carbocycles. The number of hydrogen-bond donors (Lipinski definition) is 1. The SMILES string of the molecule is COC(=O)CCC(C(N)=O)N1Cc2c(OCc3ccc4ocnc4c3)cccc2C1=O. The fourth-order valence-electron chi connectivity index (χ4n) is 3.68. The van der Waals surface area contributed by atoms with Crippen LogP contribution >= 0.6 is 0 Å². The molecule has 9 nitrogen and oxygen atoms in total. The molecule has 0 bridgehead atoms. The molecule has 2 N–H and O–H groups in total. The summed E-state index contributed by atoms with van der Waals surface area (Å²) < 4.78 is 15.8. The van der Waals surface area contributed by atoms with Crippen LogP contribution in [0, 0.1) is 0 Å². The molecule has 2 heterocycles. The van der Waals surface area contributed by atoms with Gasteiger partial charge in [-0.05, 0) is 36.2 Å². The number of esters is 1. The maximum atomic E-state index is 12.9. The zero-order valence-electron chi connectivity index (χ0n) is 16.9. The number of amides is 2. The molecular weight excluding hydrogens is 402 g/mol. The van der Waals surface area contributed by atoms with Gasteiger partial charge in [-0.15, -0.1) is 0 Å². The van der Waals surface area contributed by atoms with Crippen LogP contribution in [0.4, 0.5) is 0 Å². The first kappa shape index (κ1) is 20.4. The van der Waals surface area contributed by atoms with Gasteiger partial charge in [-0.25, -0.2) is 4.98 Å². The standard InChI is InChI=1S/C22H21N3O6/c1-29-20(26)8-6-17(21(23)27)25-10-15-14(22(25)28)3-2-4-18(15)30-11-13-5-7-19-16(9-13)24-12-31-19/h2-5,7,9,12,17H,6,8,10-11H2,1H3,(H2,23,27). The summed E-state index contributed by atoms with van der Waals surface area (Å²) in [7, 11) is 1.27. The quantitative estimate of drug-likeness (QED) is 0.551. The molecule has 1 aliphatic rings. The highest BCUT2D eigenvalue weighted by molar-refractivity contribution is 6.01. The number of benzene rings is 2. The van der Waals surface area contributed by atoms with Crippen LogP contribution in [0.2, 0.25) is 0 Å². The van der Waals surface area contributed by atoms with Crippen LogP contribution in [-0.4, -0.2) is 40.8 Å². The first-order valence-electron chi connectivity index (χ1n) is 9.72. The number of nitrogens with two attached hydrogens (primary N) is 1. The van der Waals surface area contributed by atoms with Gasteiger partial charge in [0, 0.05) is 17.5 Å². The molecule has 9 heteroatoms. The Morgan fingerprint density at radius 3 is 2.90 bits per heavy atom. The number of hydrogen-bond acceptors (Lipinski definition) is 7. The van der Waals surface area contributed by atoms with Gasteiger partial charge in [0.15, 0.2) is 12.0 Å². The maximum absolute atomic E-state index is 12.9. The normalized spacial score (nSPS) is 13.8. The van der Waals surface area contributed by atoms with Gasteiger partial charge in [-0.3, -0.25) is 14.4 Å². The topological polar surface area (TPSA) is 125 Å². The number of rotatable bonds is 8. The fraction of sp³-hybridized carbons (Fsp3) is 0.273. The van der Waals surface area contributed by atoms with Crippen molar-refractivity contribution in [3.05, 3.63) is 59.5 Å². The molecule has 4 rings (SSSR count). The third-order valence-electron chi connectivity index (χ3n) is 5.30. The third kappa shape index (κ3) is 4.07. The van der Waals surface area contributed by atoms with Crippen LogP contribution < -0.4 is 10.5 Å². The van der Waals surface area contributed by atoms with Gasteiger partial charge < -0.3 is 24.5 Å². The van der Waals surface area contributed by atoms with Crippen LogP contribution in [0.25, 0.3) is 11.1 Å². The summed E-state index contributed by atoms with van der Waals surface area (Å²) in [6.45, 7) is 0.441. The Balaban J connectivity index is 1.51. The number of ether oxygens (including phenoxy) is 2. The molecule has 1 unspecified atom stereocenters. The summed E-state index contributed by atoms with van der Waals surface area (Å²) in [5.41, 5.74) is 8.97. The van der Waals surface area contributed by atoms with E-state index < -0.39 is 17.9 Å². The number of fused-ring (bicyclic) bond motifs is 2. The second-order valence-corrected chi connectivity index (χ2v) is 7.19. The van der Waals surface area contributed by atoms with Crippen molar-refractivity contribution in [1.82, 2.24) is 9.88 Å².